The largest absolute Gasteiger partial charge is 0.493 e. The molecule has 0 saturated heterocycles. The summed E-state index contributed by atoms with van der Waals surface area (Å²) >= 11 is 4.81. The summed E-state index contributed by atoms with van der Waals surface area (Å²) < 4.78 is 19.5. The van der Waals surface area contributed by atoms with Crippen molar-refractivity contribution in [2.45, 2.75) is 12.5 Å². The van der Waals surface area contributed by atoms with Crippen molar-refractivity contribution in [2.75, 3.05) is 11.9 Å². The predicted octanol–water partition coefficient (Wildman–Crippen LogP) is 3.40. The van der Waals surface area contributed by atoms with Crippen molar-refractivity contribution in [1.82, 2.24) is 0 Å². The van der Waals surface area contributed by atoms with Crippen molar-refractivity contribution in [3.05, 3.63) is 59.4 Å². The minimum atomic E-state index is -0.409. The topological polar surface area (TPSA) is 47.3 Å². The molecule has 3 N–H and O–H groups in total. The number of fused-ring (bicyclic) bond motifs is 1. The van der Waals surface area contributed by atoms with Gasteiger partial charge in [-0.2, -0.15) is 0 Å². The minimum Gasteiger partial charge on any atom is -0.493 e. The van der Waals surface area contributed by atoms with Crippen LogP contribution in [-0.4, -0.2) is 11.6 Å². The highest BCUT2D eigenvalue weighted by atomic mass is 32.1. The maximum Gasteiger partial charge on any atom is 0.135 e. The molecule has 0 amide bonds. The van der Waals surface area contributed by atoms with E-state index in [1.807, 2.05) is 24.3 Å². The van der Waals surface area contributed by atoms with Gasteiger partial charge in [-0.3, -0.25) is 0 Å². The van der Waals surface area contributed by atoms with Crippen LogP contribution < -0.4 is 15.8 Å². The van der Waals surface area contributed by atoms with Crippen LogP contribution in [-0.2, 0) is 0 Å². The van der Waals surface area contributed by atoms with Gasteiger partial charge in [-0.1, -0.05) is 30.4 Å². The average molecular weight is 302 g/mol. The van der Waals surface area contributed by atoms with Crippen LogP contribution in [0.25, 0.3) is 0 Å². The number of hydrogen-bond acceptors (Lipinski definition) is 3. The quantitative estimate of drug-likeness (QED) is 0.853. The van der Waals surface area contributed by atoms with Crippen molar-refractivity contribution in [2.24, 2.45) is 5.73 Å². The molecule has 1 heterocycles. The van der Waals surface area contributed by atoms with Crippen LogP contribution in [0, 0.1) is 5.82 Å². The summed E-state index contributed by atoms with van der Waals surface area (Å²) in [6.45, 7) is 0.641. The molecule has 3 rings (SSSR count). The molecule has 1 aliphatic rings. The Bertz CT molecular complexity index is 690. The van der Waals surface area contributed by atoms with Crippen LogP contribution in [0.4, 0.5) is 10.1 Å². The first kappa shape index (κ1) is 13.8. The summed E-state index contributed by atoms with van der Waals surface area (Å²) in [5, 5.41) is 3.34. The Labute approximate surface area is 127 Å². The first-order valence-electron chi connectivity index (χ1n) is 6.73. The molecule has 0 aliphatic carbocycles. The van der Waals surface area contributed by atoms with Crippen LogP contribution in [0.3, 0.4) is 0 Å². The maximum atomic E-state index is 13.9. The van der Waals surface area contributed by atoms with Gasteiger partial charge in [0.05, 0.1) is 12.6 Å². The number of halogens is 1. The molecule has 3 nitrogen and oxygen atoms in total. The lowest BCUT2D eigenvalue weighted by Gasteiger charge is -2.27. The number of nitrogens with two attached hydrogens (primary N) is 1. The van der Waals surface area contributed by atoms with Crippen LogP contribution in [0.2, 0.25) is 0 Å². The third-order valence-electron chi connectivity index (χ3n) is 3.53. The van der Waals surface area contributed by atoms with Gasteiger partial charge < -0.3 is 15.8 Å². The molecule has 21 heavy (non-hydrogen) atoms. The summed E-state index contributed by atoms with van der Waals surface area (Å²) in [6.07, 6.45) is 0.829. The van der Waals surface area contributed by atoms with Gasteiger partial charge in [0.1, 0.15) is 16.6 Å². The standard InChI is InChI=1S/C16H15FN2OS/c17-13-9-10(5-6-11(13)16(18)21)19-14-7-8-20-15-4-2-1-3-12(14)15/h1-6,9,14,19H,7-8H2,(H2,18,21). The third-order valence-corrected chi connectivity index (χ3v) is 3.75. The number of para-hydroxylation sites is 1. The second-order valence-electron chi connectivity index (χ2n) is 4.93. The van der Waals surface area contributed by atoms with Crippen molar-refractivity contribution >= 4 is 22.9 Å². The highest BCUT2D eigenvalue weighted by molar-refractivity contribution is 7.80. The van der Waals surface area contributed by atoms with Gasteiger partial charge in [0.25, 0.3) is 0 Å². The van der Waals surface area contributed by atoms with E-state index in [9.17, 15) is 4.39 Å². The van der Waals surface area contributed by atoms with Crippen molar-refractivity contribution in [3.8, 4) is 5.75 Å². The van der Waals surface area contributed by atoms with Gasteiger partial charge in [-0.05, 0) is 24.3 Å². The number of thiocarbonyl (C=S) groups is 1. The van der Waals surface area contributed by atoms with Crippen molar-refractivity contribution in [3.63, 3.8) is 0 Å². The Morgan fingerprint density at radius 2 is 2.10 bits per heavy atom. The molecule has 0 saturated carbocycles. The summed E-state index contributed by atoms with van der Waals surface area (Å²) in [5.41, 5.74) is 7.52. The van der Waals surface area contributed by atoms with E-state index in [1.54, 1.807) is 12.1 Å². The fourth-order valence-electron chi connectivity index (χ4n) is 2.50. The lowest BCUT2D eigenvalue weighted by molar-refractivity contribution is 0.274. The number of rotatable bonds is 3. The van der Waals surface area contributed by atoms with E-state index in [-0.39, 0.29) is 16.6 Å². The first-order chi connectivity index (χ1) is 10.1. The van der Waals surface area contributed by atoms with Gasteiger partial charge in [0, 0.05) is 23.2 Å². The lowest BCUT2D eigenvalue weighted by atomic mass is 10.00. The Hall–Kier alpha value is -2.14. The predicted molar refractivity (Wildman–Crippen MR) is 85.2 cm³/mol. The number of nitrogens with one attached hydrogen (secondary N) is 1. The molecule has 1 atom stereocenters. The molecule has 5 heteroatoms. The molecule has 1 unspecified atom stereocenters. The van der Waals surface area contributed by atoms with Crippen molar-refractivity contribution < 1.29 is 9.13 Å². The van der Waals surface area contributed by atoms with E-state index in [2.05, 4.69) is 5.32 Å². The zero-order valence-electron chi connectivity index (χ0n) is 11.3. The molecule has 0 bridgehead atoms. The number of hydrogen-bond donors (Lipinski definition) is 2. The fraction of sp³-hybridized carbons (Fsp3) is 0.188. The average Bonchev–Trinajstić information content (AvgIpc) is 2.47. The molecule has 108 valence electrons. The molecular formula is C16H15FN2OS. The van der Waals surface area contributed by atoms with Crippen LogP contribution >= 0.6 is 12.2 Å². The number of ether oxygens (including phenoxy) is 1. The third kappa shape index (κ3) is 2.83. The van der Waals surface area contributed by atoms with E-state index in [0.717, 1.165) is 17.7 Å². The molecule has 0 aromatic heterocycles. The van der Waals surface area contributed by atoms with E-state index in [0.29, 0.717) is 12.3 Å². The molecule has 2 aromatic rings. The Balaban J connectivity index is 1.85. The van der Waals surface area contributed by atoms with E-state index in [4.69, 9.17) is 22.7 Å². The molecule has 0 spiro atoms. The smallest absolute Gasteiger partial charge is 0.135 e. The highest BCUT2D eigenvalue weighted by Crippen LogP contribution is 2.34. The molecule has 1 aliphatic heterocycles. The fourth-order valence-corrected chi connectivity index (χ4v) is 2.66. The van der Waals surface area contributed by atoms with Crippen molar-refractivity contribution in [1.29, 1.82) is 0 Å². The first-order valence-corrected chi connectivity index (χ1v) is 7.13. The second kappa shape index (κ2) is 5.69. The number of benzene rings is 2. The highest BCUT2D eigenvalue weighted by Gasteiger charge is 2.21. The minimum absolute atomic E-state index is 0.0652. The zero-order chi connectivity index (χ0) is 14.8. The summed E-state index contributed by atoms with van der Waals surface area (Å²) in [7, 11) is 0. The zero-order valence-corrected chi connectivity index (χ0v) is 12.1. The van der Waals surface area contributed by atoms with Gasteiger partial charge in [-0.15, -0.1) is 0 Å². The van der Waals surface area contributed by atoms with Gasteiger partial charge in [0.15, 0.2) is 0 Å². The maximum absolute atomic E-state index is 13.9. The number of anilines is 1. The van der Waals surface area contributed by atoms with Crippen LogP contribution in [0.5, 0.6) is 5.75 Å². The van der Waals surface area contributed by atoms with Crippen LogP contribution in [0.15, 0.2) is 42.5 Å². The Morgan fingerprint density at radius 3 is 2.86 bits per heavy atom. The van der Waals surface area contributed by atoms with E-state index in [1.165, 1.54) is 6.07 Å². The molecule has 2 aromatic carbocycles. The molecule has 0 radical (unpaired) electrons. The van der Waals surface area contributed by atoms with Gasteiger partial charge in [-0.25, -0.2) is 4.39 Å². The summed E-state index contributed by atoms with van der Waals surface area (Å²) in [5.74, 6) is 0.467. The monoisotopic (exact) mass is 302 g/mol. The Kier molecular flexibility index (Phi) is 3.75. The molecular weight excluding hydrogens is 287 g/mol. The van der Waals surface area contributed by atoms with E-state index >= 15 is 0 Å². The second-order valence-corrected chi connectivity index (χ2v) is 5.37. The summed E-state index contributed by atoms with van der Waals surface area (Å²) in [6, 6.07) is 12.8. The van der Waals surface area contributed by atoms with E-state index < -0.39 is 5.82 Å². The Morgan fingerprint density at radius 1 is 1.29 bits per heavy atom. The van der Waals surface area contributed by atoms with Crippen LogP contribution in [0.1, 0.15) is 23.6 Å². The normalized spacial score (nSPS) is 16.7. The molecule has 0 fully saturated rings. The van der Waals surface area contributed by atoms with Gasteiger partial charge in [0.2, 0.25) is 0 Å². The SMILES string of the molecule is NC(=S)c1ccc(NC2CCOc3ccccc32)cc1F. The lowest BCUT2D eigenvalue weighted by Crippen LogP contribution is -2.20. The van der Waals surface area contributed by atoms with Gasteiger partial charge >= 0.3 is 0 Å². The summed E-state index contributed by atoms with van der Waals surface area (Å²) in [4.78, 5) is 0.0652.